The van der Waals surface area contributed by atoms with Crippen molar-refractivity contribution >= 4 is 33.9 Å². The van der Waals surface area contributed by atoms with Crippen LogP contribution in [0.2, 0.25) is 0 Å². The Morgan fingerprint density at radius 2 is 2.14 bits per heavy atom. The number of carboxylic acid groups (broad SMARTS) is 1. The Kier molecular flexibility index (Phi) is 5.12. The van der Waals surface area contributed by atoms with Crippen LogP contribution in [0.4, 0.5) is 4.39 Å². The summed E-state index contributed by atoms with van der Waals surface area (Å²) in [6.07, 6.45) is 4.64. The minimum Gasteiger partial charge on any atom is -0.480 e. The molecule has 1 amide bonds. The van der Waals surface area contributed by atoms with Crippen molar-refractivity contribution in [1.29, 1.82) is 0 Å². The highest BCUT2D eigenvalue weighted by Gasteiger charge is 2.30. The van der Waals surface area contributed by atoms with Crippen LogP contribution in [0.5, 0.6) is 0 Å². The molecule has 112 valence electrons. The van der Waals surface area contributed by atoms with Gasteiger partial charge in [-0.15, -0.1) is 0 Å². The molecule has 0 aromatic heterocycles. The van der Waals surface area contributed by atoms with E-state index >= 15 is 0 Å². The van der Waals surface area contributed by atoms with E-state index in [-0.39, 0.29) is 5.56 Å². The van der Waals surface area contributed by atoms with Gasteiger partial charge in [0, 0.05) is 22.7 Å². The number of hydrogen-bond acceptors (Lipinski definition) is 2. The van der Waals surface area contributed by atoms with E-state index in [0.29, 0.717) is 17.4 Å². The van der Waals surface area contributed by atoms with Crippen LogP contribution in [0, 0.1) is 5.82 Å². The lowest BCUT2D eigenvalue weighted by molar-refractivity contribution is -0.150. The van der Waals surface area contributed by atoms with E-state index in [1.807, 2.05) is 0 Å². The van der Waals surface area contributed by atoms with Gasteiger partial charge in [-0.2, -0.15) is 0 Å². The summed E-state index contributed by atoms with van der Waals surface area (Å²) in [6, 6.07) is 3.64. The number of likely N-dealkylation sites (tertiary alicyclic amines) is 1. The van der Waals surface area contributed by atoms with Crippen molar-refractivity contribution < 1.29 is 19.1 Å². The minimum absolute atomic E-state index is 0.279. The van der Waals surface area contributed by atoms with E-state index in [4.69, 9.17) is 5.11 Å². The molecule has 4 nitrogen and oxygen atoms in total. The third-order valence-electron chi connectivity index (χ3n) is 3.43. The van der Waals surface area contributed by atoms with Crippen LogP contribution < -0.4 is 0 Å². The van der Waals surface area contributed by atoms with Gasteiger partial charge in [0.25, 0.3) is 0 Å². The number of carbonyl (C=O) groups is 2. The summed E-state index contributed by atoms with van der Waals surface area (Å²) in [4.78, 5) is 24.6. The van der Waals surface area contributed by atoms with Crippen LogP contribution >= 0.6 is 15.9 Å². The highest BCUT2D eigenvalue weighted by molar-refractivity contribution is 9.10. The molecule has 1 fully saturated rings. The lowest BCUT2D eigenvalue weighted by atomic mass is 10.0. The number of amides is 1. The zero-order valence-electron chi connectivity index (χ0n) is 11.3. The molecule has 0 saturated carbocycles. The first kappa shape index (κ1) is 15.7. The number of aliphatic carboxylic acids is 1. The van der Waals surface area contributed by atoms with Gasteiger partial charge in [-0.05, 0) is 43.5 Å². The molecule has 0 radical (unpaired) electrons. The number of halogens is 2. The fourth-order valence-corrected chi connectivity index (χ4v) is 2.73. The second-order valence-electron chi connectivity index (χ2n) is 4.88. The van der Waals surface area contributed by atoms with Crippen molar-refractivity contribution in [2.24, 2.45) is 0 Å². The zero-order chi connectivity index (χ0) is 15.4. The number of hydrogen-bond donors (Lipinski definition) is 1. The Hall–Kier alpha value is -1.69. The molecule has 2 rings (SSSR count). The van der Waals surface area contributed by atoms with Gasteiger partial charge in [-0.25, -0.2) is 9.18 Å². The standard InChI is InChI=1S/C15H15BrFNO3/c16-11-5-6-12(17)10(9-11)4-7-14(19)18-8-2-1-3-13(18)15(20)21/h4-7,9,13H,1-3,8H2,(H,20,21)/t13-/m0/s1. The zero-order valence-corrected chi connectivity index (χ0v) is 12.8. The molecular weight excluding hydrogens is 341 g/mol. The lowest BCUT2D eigenvalue weighted by Gasteiger charge is -2.32. The SMILES string of the molecule is O=C(O)[C@@H]1CCCCN1C(=O)C=Cc1cc(Br)ccc1F. The summed E-state index contributed by atoms with van der Waals surface area (Å²) >= 11 is 3.23. The molecule has 1 atom stereocenters. The molecule has 1 heterocycles. The van der Waals surface area contributed by atoms with Crippen molar-refractivity contribution in [3.05, 3.63) is 40.1 Å². The average molecular weight is 356 g/mol. The van der Waals surface area contributed by atoms with Gasteiger partial charge in [-0.3, -0.25) is 4.79 Å². The van der Waals surface area contributed by atoms with E-state index in [0.717, 1.165) is 12.8 Å². The van der Waals surface area contributed by atoms with Crippen LogP contribution in [-0.4, -0.2) is 34.5 Å². The van der Waals surface area contributed by atoms with Crippen LogP contribution in [0.3, 0.4) is 0 Å². The molecule has 1 N–H and O–H groups in total. The maximum absolute atomic E-state index is 13.6. The summed E-state index contributed by atoms with van der Waals surface area (Å²) in [5.41, 5.74) is 0.279. The first-order valence-electron chi connectivity index (χ1n) is 6.65. The number of rotatable bonds is 3. The smallest absolute Gasteiger partial charge is 0.326 e. The van der Waals surface area contributed by atoms with E-state index in [2.05, 4.69) is 15.9 Å². The van der Waals surface area contributed by atoms with Crippen molar-refractivity contribution in [3.8, 4) is 0 Å². The molecule has 1 aromatic rings. The van der Waals surface area contributed by atoms with Crippen LogP contribution in [0.15, 0.2) is 28.7 Å². The Morgan fingerprint density at radius 1 is 1.38 bits per heavy atom. The predicted octanol–water partition coefficient (Wildman–Crippen LogP) is 3.07. The van der Waals surface area contributed by atoms with Crippen molar-refractivity contribution in [2.45, 2.75) is 25.3 Å². The number of carbonyl (C=O) groups excluding carboxylic acids is 1. The maximum Gasteiger partial charge on any atom is 0.326 e. The average Bonchev–Trinajstić information content (AvgIpc) is 2.47. The normalized spacial score (nSPS) is 19.0. The first-order valence-corrected chi connectivity index (χ1v) is 7.45. The molecule has 0 aliphatic carbocycles. The van der Waals surface area contributed by atoms with Crippen LogP contribution in [0.25, 0.3) is 6.08 Å². The Morgan fingerprint density at radius 3 is 2.86 bits per heavy atom. The van der Waals surface area contributed by atoms with Gasteiger partial charge in [0.1, 0.15) is 11.9 Å². The van der Waals surface area contributed by atoms with Gasteiger partial charge in [-0.1, -0.05) is 15.9 Å². The Bertz CT molecular complexity index is 588. The summed E-state index contributed by atoms with van der Waals surface area (Å²) in [7, 11) is 0. The van der Waals surface area contributed by atoms with Gasteiger partial charge in [0.15, 0.2) is 0 Å². The highest BCUT2D eigenvalue weighted by Crippen LogP contribution is 2.19. The van der Waals surface area contributed by atoms with Gasteiger partial charge >= 0.3 is 5.97 Å². The molecule has 1 aliphatic heterocycles. The van der Waals surface area contributed by atoms with E-state index < -0.39 is 23.7 Å². The van der Waals surface area contributed by atoms with Gasteiger partial charge in [0.05, 0.1) is 0 Å². The number of piperidine rings is 1. The van der Waals surface area contributed by atoms with Gasteiger partial charge < -0.3 is 10.0 Å². The molecule has 0 bridgehead atoms. The third kappa shape index (κ3) is 3.91. The number of benzene rings is 1. The van der Waals surface area contributed by atoms with E-state index in [1.54, 1.807) is 12.1 Å². The lowest BCUT2D eigenvalue weighted by Crippen LogP contribution is -2.47. The Labute approximate surface area is 130 Å². The fourth-order valence-electron chi connectivity index (χ4n) is 2.35. The molecular formula is C15H15BrFNO3. The summed E-state index contributed by atoms with van der Waals surface area (Å²) in [6.45, 7) is 0.418. The predicted molar refractivity (Wildman–Crippen MR) is 80.1 cm³/mol. The fraction of sp³-hybridized carbons (Fsp3) is 0.333. The molecule has 1 aliphatic rings. The van der Waals surface area contributed by atoms with E-state index in [1.165, 1.54) is 23.1 Å². The molecule has 0 spiro atoms. The molecule has 21 heavy (non-hydrogen) atoms. The topological polar surface area (TPSA) is 57.6 Å². The Balaban J connectivity index is 2.14. The van der Waals surface area contributed by atoms with Crippen LogP contribution in [-0.2, 0) is 9.59 Å². The van der Waals surface area contributed by atoms with Crippen LogP contribution in [0.1, 0.15) is 24.8 Å². The summed E-state index contributed by atoms with van der Waals surface area (Å²) in [5.74, 6) is -1.83. The largest absolute Gasteiger partial charge is 0.480 e. The molecule has 0 unspecified atom stereocenters. The third-order valence-corrected chi connectivity index (χ3v) is 3.93. The second kappa shape index (κ2) is 6.85. The maximum atomic E-state index is 13.6. The minimum atomic E-state index is -0.995. The van der Waals surface area contributed by atoms with Crippen molar-refractivity contribution in [1.82, 2.24) is 4.90 Å². The second-order valence-corrected chi connectivity index (χ2v) is 5.80. The van der Waals surface area contributed by atoms with E-state index in [9.17, 15) is 14.0 Å². The molecule has 1 saturated heterocycles. The van der Waals surface area contributed by atoms with Crippen molar-refractivity contribution in [3.63, 3.8) is 0 Å². The number of carboxylic acids is 1. The number of nitrogens with zero attached hydrogens (tertiary/aromatic N) is 1. The first-order chi connectivity index (χ1) is 9.99. The van der Waals surface area contributed by atoms with Crippen molar-refractivity contribution in [2.75, 3.05) is 6.54 Å². The highest BCUT2D eigenvalue weighted by atomic mass is 79.9. The molecule has 6 heteroatoms. The summed E-state index contributed by atoms with van der Waals surface area (Å²) < 4.78 is 14.3. The molecule has 1 aromatic carbocycles. The monoisotopic (exact) mass is 355 g/mol. The van der Waals surface area contributed by atoms with Gasteiger partial charge in [0.2, 0.25) is 5.91 Å². The summed E-state index contributed by atoms with van der Waals surface area (Å²) in [5, 5.41) is 9.14. The quantitative estimate of drug-likeness (QED) is 0.847.